The fraction of sp³-hybridized carbons (Fsp3) is 0.125. The van der Waals surface area contributed by atoms with E-state index in [0.29, 0.717) is 11.7 Å². The van der Waals surface area contributed by atoms with Crippen LogP contribution in [0.3, 0.4) is 0 Å². The molecule has 2 aromatic rings. The highest BCUT2D eigenvalue weighted by Gasteiger charge is 1.99. The minimum Gasteiger partial charge on any atom is -0.496 e. The fourth-order valence-corrected chi connectivity index (χ4v) is 2.04. The smallest absolute Gasteiger partial charge is 0.191 e. The molecule has 0 atom stereocenters. The van der Waals surface area contributed by atoms with E-state index in [4.69, 9.17) is 22.7 Å². The van der Waals surface area contributed by atoms with Crippen LogP contribution in [0.15, 0.2) is 53.6 Å². The summed E-state index contributed by atoms with van der Waals surface area (Å²) in [6.07, 6.45) is 1.66. The number of nitrogens with zero attached hydrogens (tertiary/aromatic N) is 1. The van der Waals surface area contributed by atoms with Gasteiger partial charge in [0.1, 0.15) is 5.75 Å². The molecule has 0 aliphatic carbocycles. The molecule has 6 heteroatoms. The third-order valence-electron chi connectivity index (χ3n) is 2.93. The molecule has 0 spiro atoms. The number of hydrogen-bond acceptors (Lipinski definition) is 4. The number of anilines is 1. The highest BCUT2D eigenvalue weighted by molar-refractivity contribution is 7.80. The monoisotopic (exact) mass is 314 g/mol. The molecule has 0 saturated carbocycles. The normalized spacial score (nSPS) is 10.5. The SMILES string of the molecule is COc1ccccc1C=NNC(=S)Nc1cccc(CN)c1. The summed E-state index contributed by atoms with van der Waals surface area (Å²) >= 11 is 5.19. The van der Waals surface area contributed by atoms with Gasteiger partial charge in [0.15, 0.2) is 5.11 Å². The number of para-hydroxylation sites is 1. The molecule has 0 radical (unpaired) electrons. The number of nitrogens with two attached hydrogens (primary N) is 1. The lowest BCUT2D eigenvalue weighted by atomic mass is 10.2. The van der Waals surface area contributed by atoms with Gasteiger partial charge in [0.25, 0.3) is 0 Å². The van der Waals surface area contributed by atoms with Crippen molar-refractivity contribution in [3.63, 3.8) is 0 Å². The van der Waals surface area contributed by atoms with Gasteiger partial charge in [0.05, 0.1) is 13.3 Å². The molecule has 0 heterocycles. The van der Waals surface area contributed by atoms with Gasteiger partial charge in [0, 0.05) is 17.8 Å². The van der Waals surface area contributed by atoms with E-state index >= 15 is 0 Å². The molecule has 0 unspecified atom stereocenters. The number of rotatable bonds is 5. The van der Waals surface area contributed by atoms with Gasteiger partial charge in [-0.15, -0.1) is 0 Å². The number of methoxy groups -OCH3 is 1. The van der Waals surface area contributed by atoms with Gasteiger partial charge >= 0.3 is 0 Å². The Morgan fingerprint density at radius 2 is 2.09 bits per heavy atom. The summed E-state index contributed by atoms with van der Waals surface area (Å²) in [5.41, 5.74) is 11.1. The number of thiocarbonyl (C=S) groups is 1. The van der Waals surface area contributed by atoms with E-state index in [0.717, 1.165) is 22.6 Å². The molecule has 0 fully saturated rings. The lowest BCUT2D eigenvalue weighted by Gasteiger charge is -2.08. The van der Waals surface area contributed by atoms with Crippen molar-refractivity contribution in [2.45, 2.75) is 6.54 Å². The Morgan fingerprint density at radius 1 is 1.27 bits per heavy atom. The highest BCUT2D eigenvalue weighted by atomic mass is 32.1. The average Bonchev–Trinajstić information content (AvgIpc) is 2.55. The summed E-state index contributed by atoms with van der Waals surface area (Å²) in [4.78, 5) is 0. The lowest BCUT2D eigenvalue weighted by Crippen LogP contribution is -2.24. The van der Waals surface area contributed by atoms with Crippen molar-refractivity contribution in [3.05, 3.63) is 59.7 Å². The Labute approximate surface area is 135 Å². The first-order valence-corrected chi connectivity index (χ1v) is 7.16. The van der Waals surface area contributed by atoms with Crippen LogP contribution in [0.25, 0.3) is 0 Å². The van der Waals surface area contributed by atoms with E-state index in [1.165, 1.54) is 0 Å². The molecule has 4 N–H and O–H groups in total. The van der Waals surface area contributed by atoms with Gasteiger partial charge in [-0.3, -0.25) is 5.43 Å². The number of hydrogen-bond donors (Lipinski definition) is 3. The Kier molecular flexibility index (Phi) is 5.88. The maximum absolute atomic E-state index is 5.61. The molecule has 2 aromatic carbocycles. The molecule has 0 aliphatic rings. The molecule has 22 heavy (non-hydrogen) atoms. The molecule has 0 aliphatic heterocycles. The topological polar surface area (TPSA) is 71.7 Å². The van der Waals surface area contributed by atoms with E-state index in [2.05, 4.69) is 15.8 Å². The zero-order valence-corrected chi connectivity index (χ0v) is 13.1. The quantitative estimate of drug-likeness (QED) is 0.449. The van der Waals surface area contributed by atoms with E-state index in [-0.39, 0.29) is 0 Å². The molecular weight excluding hydrogens is 296 g/mol. The van der Waals surface area contributed by atoms with Crippen molar-refractivity contribution in [2.24, 2.45) is 10.8 Å². The van der Waals surface area contributed by atoms with Crippen LogP contribution in [0.4, 0.5) is 5.69 Å². The molecule has 0 bridgehead atoms. The van der Waals surface area contributed by atoms with Crippen LogP contribution >= 0.6 is 12.2 Å². The predicted molar refractivity (Wildman–Crippen MR) is 94.3 cm³/mol. The second-order valence-electron chi connectivity index (χ2n) is 4.47. The number of ether oxygens (including phenoxy) is 1. The molecule has 0 aromatic heterocycles. The second-order valence-corrected chi connectivity index (χ2v) is 4.88. The Balaban J connectivity index is 1.93. The first kappa shape index (κ1) is 15.9. The van der Waals surface area contributed by atoms with Crippen LogP contribution in [0.2, 0.25) is 0 Å². The van der Waals surface area contributed by atoms with Gasteiger partial charge in [-0.1, -0.05) is 24.3 Å². The van der Waals surface area contributed by atoms with Crippen LogP contribution < -0.4 is 21.2 Å². The van der Waals surface area contributed by atoms with Crippen LogP contribution in [-0.4, -0.2) is 18.4 Å². The minimum absolute atomic E-state index is 0.403. The Morgan fingerprint density at radius 3 is 2.86 bits per heavy atom. The van der Waals surface area contributed by atoms with E-state index < -0.39 is 0 Å². The van der Waals surface area contributed by atoms with Crippen molar-refractivity contribution in [1.82, 2.24) is 5.43 Å². The van der Waals surface area contributed by atoms with Gasteiger partial charge in [-0.25, -0.2) is 0 Å². The second kappa shape index (κ2) is 8.11. The lowest BCUT2D eigenvalue weighted by molar-refractivity contribution is 0.414. The van der Waals surface area contributed by atoms with E-state index in [1.807, 2.05) is 48.5 Å². The summed E-state index contributed by atoms with van der Waals surface area (Å²) in [5.74, 6) is 0.752. The molecule has 5 nitrogen and oxygen atoms in total. The number of benzene rings is 2. The Hall–Kier alpha value is -2.44. The van der Waals surface area contributed by atoms with Crippen LogP contribution in [-0.2, 0) is 6.54 Å². The molecular formula is C16H18N4OS. The maximum Gasteiger partial charge on any atom is 0.191 e. The molecule has 0 saturated heterocycles. The highest BCUT2D eigenvalue weighted by Crippen LogP contribution is 2.14. The van der Waals surface area contributed by atoms with Crippen molar-refractivity contribution < 1.29 is 4.74 Å². The van der Waals surface area contributed by atoms with Gasteiger partial charge in [-0.05, 0) is 42.0 Å². The molecule has 2 rings (SSSR count). The van der Waals surface area contributed by atoms with Crippen molar-refractivity contribution in [2.75, 3.05) is 12.4 Å². The number of nitrogens with one attached hydrogen (secondary N) is 2. The minimum atomic E-state index is 0.403. The van der Waals surface area contributed by atoms with Crippen molar-refractivity contribution in [3.8, 4) is 5.75 Å². The Bertz CT molecular complexity index is 673. The first-order chi connectivity index (χ1) is 10.7. The van der Waals surface area contributed by atoms with Crippen LogP contribution in [0, 0.1) is 0 Å². The first-order valence-electron chi connectivity index (χ1n) is 6.75. The molecule has 114 valence electrons. The summed E-state index contributed by atoms with van der Waals surface area (Å²) in [6, 6.07) is 15.3. The van der Waals surface area contributed by atoms with Crippen LogP contribution in [0.1, 0.15) is 11.1 Å². The summed E-state index contributed by atoms with van der Waals surface area (Å²) in [5, 5.41) is 7.56. The van der Waals surface area contributed by atoms with Gasteiger partial charge in [-0.2, -0.15) is 5.10 Å². The molecule has 0 amide bonds. The van der Waals surface area contributed by atoms with Crippen molar-refractivity contribution in [1.29, 1.82) is 0 Å². The zero-order chi connectivity index (χ0) is 15.8. The predicted octanol–water partition coefficient (Wildman–Crippen LogP) is 2.47. The van der Waals surface area contributed by atoms with Gasteiger partial charge < -0.3 is 15.8 Å². The van der Waals surface area contributed by atoms with Gasteiger partial charge in [0.2, 0.25) is 0 Å². The summed E-state index contributed by atoms with van der Waals surface area (Å²) in [6.45, 7) is 0.488. The average molecular weight is 314 g/mol. The largest absolute Gasteiger partial charge is 0.496 e. The summed E-state index contributed by atoms with van der Waals surface area (Å²) < 4.78 is 5.24. The van der Waals surface area contributed by atoms with Crippen molar-refractivity contribution >= 4 is 29.2 Å². The summed E-state index contributed by atoms with van der Waals surface area (Å²) in [7, 11) is 1.62. The van der Waals surface area contributed by atoms with Crippen LogP contribution in [0.5, 0.6) is 5.75 Å². The van der Waals surface area contributed by atoms with E-state index in [9.17, 15) is 0 Å². The third kappa shape index (κ3) is 4.54. The van der Waals surface area contributed by atoms with E-state index in [1.54, 1.807) is 13.3 Å². The zero-order valence-electron chi connectivity index (χ0n) is 12.2. The standard InChI is InChI=1S/C16H18N4OS/c1-21-15-8-3-2-6-13(15)11-18-20-16(22)19-14-7-4-5-12(9-14)10-17/h2-9,11H,10,17H2,1H3,(H2,19,20,22). The fourth-order valence-electron chi connectivity index (χ4n) is 1.87. The maximum atomic E-state index is 5.61. The third-order valence-corrected chi connectivity index (χ3v) is 3.12. The number of hydrazone groups is 1.